The number of furan rings is 1. The molecule has 0 spiro atoms. The summed E-state index contributed by atoms with van der Waals surface area (Å²) in [5.74, 6) is -2.34. The molecule has 33 heavy (non-hydrogen) atoms. The molecule has 2 atom stereocenters. The van der Waals surface area contributed by atoms with Gasteiger partial charge in [-0.15, -0.1) is 10.2 Å². The summed E-state index contributed by atoms with van der Waals surface area (Å²) in [6, 6.07) is 18.3. The van der Waals surface area contributed by atoms with Gasteiger partial charge < -0.3 is 9.15 Å². The third-order valence-electron chi connectivity index (χ3n) is 5.25. The number of hydrogen-bond donors (Lipinski definition) is 0. The highest BCUT2D eigenvalue weighted by Crippen LogP contribution is 2.43. The number of ketones is 2. The van der Waals surface area contributed by atoms with Crippen LogP contribution < -0.4 is 9.64 Å². The number of rotatable bonds is 6. The molecular formula is C24H17N3O5S. The van der Waals surface area contributed by atoms with Crippen LogP contribution in [0.25, 0.3) is 0 Å². The lowest BCUT2D eigenvalue weighted by Crippen LogP contribution is -2.30. The molecule has 0 radical (unpaired) electrons. The number of nitrogens with zero attached hydrogens (tertiary/aromatic N) is 3. The van der Waals surface area contributed by atoms with Gasteiger partial charge in [0.05, 0.1) is 12.3 Å². The van der Waals surface area contributed by atoms with Gasteiger partial charge in [0.1, 0.15) is 22.4 Å². The second-order valence-electron chi connectivity index (χ2n) is 7.39. The van der Waals surface area contributed by atoms with Crippen molar-refractivity contribution in [1.82, 2.24) is 10.2 Å². The van der Waals surface area contributed by atoms with Crippen molar-refractivity contribution in [3.05, 3.63) is 89.3 Å². The molecular weight excluding hydrogens is 442 g/mol. The standard InChI is InChI=1S/C24H17N3O5S/c1-14-25-26-24(33-14)27-20(19(22(29)23(27)30)21(28)18-11-6-12-31-18)15-7-5-10-17(13-15)32-16-8-3-2-4-9-16/h2-13,19-20H,1H3. The molecule has 5 rings (SSSR count). The van der Waals surface area contributed by atoms with Crippen molar-refractivity contribution in [3.63, 3.8) is 0 Å². The topological polar surface area (TPSA) is 103 Å². The van der Waals surface area contributed by atoms with Gasteiger partial charge in [-0.3, -0.25) is 19.3 Å². The Bertz CT molecular complexity index is 1330. The Morgan fingerprint density at radius 1 is 1.00 bits per heavy atom. The van der Waals surface area contributed by atoms with Crippen molar-refractivity contribution >= 4 is 33.9 Å². The molecule has 0 bridgehead atoms. The molecule has 3 heterocycles. The Labute approximate surface area is 192 Å². The number of aryl methyl sites for hydroxylation is 1. The van der Waals surface area contributed by atoms with Crippen LogP contribution in [0.5, 0.6) is 11.5 Å². The van der Waals surface area contributed by atoms with Crippen LogP contribution in [0, 0.1) is 12.8 Å². The van der Waals surface area contributed by atoms with E-state index in [0.717, 1.165) is 0 Å². The minimum Gasteiger partial charge on any atom is -0.461 e. The molecule has 1 aliphatic heterocycles. The fraction of sp³-hybridized carbons (Fsp3) is 0.125. The van der Waals surface area contributed by atoms with E-state index >= 15 is 0 Å². The van der Waals surface area contributed by atoms with Crippen LogP contribution in [0.1, 0.15) is 27.2 Å². The minimum absolute atomic E-state index is 0.0122. The summed E-state index contributed by atoms with van der Waals surface area (Å²) < 4.78 is 11.2. The lowest BCUT2D eigenvalue weighted by molar-refractivity contribution is -0.135. The van der Waals surface area contributed by atoms with Crippen LogP contribution in [0.4, 0.5) is 5.13 Å². The third kappa shape index (κ3) is 3.83. The molecule has 9 heteroatoms. The van der Waals surface area contributed by atoms with Crippen LogP contribution in [-0.4, -0.2) is 27.7 Å². The molecule has 4 aromatic rings. The first kappa shape index (κ1) is 20.8. The number of amides is 1. The van der Waals surface area contributed by atoms with Gasteiger partial charge in [-0.05, 0) is 48.9 Å². The van der Waals surface area contributed by atoms with E-state index in [0.29, 0.717) is 22.1 Å². The van der Waals surface area contributed by atoms with E-state index in [1.165, 1.54) is 28.6 Å². The molecule has 164 valence electrons. The van der Waals surface area contributed by atoms with Crippen molar-refractivity contribution in [3.8, 4) is 11.5 Å². The number of Topliss-reactive ketones (excluding diaryl/α,β-unsaturated/α-hetero) is 2. The Morgan fingerprint density at radius 3 is 2.48 bits per heavy atom. The normalized spacial score (nSPS) is 18.0. The SMILES string of the molecule is Cc1nnc(N2C(=O)C(=O)C(C(=O)c3ccco3)C2c2cccc(Oc3ccccc3)c2)s1. The molecule has 2 aromatic heterocycles. The summed E-state index contributed by atoms with van der Waals surface area (Å²) in [6.07, 6.45) is 1.35. The first-order valence-electron chi connectivity index (χ1n) is 10.1. The number of anilines is 1. The number of aromatic nitrogens is 2. The lowest BCUT2D eigenvalue weighted by atomic mass is 9.88. The molecule has 2 unspecified atom stereocenters. The van der Waals surface area contributed by atoms with Gasteiger partial charge in [0.25, 0.3) is 5.91 Å². The summed E-state index contributed by atoms with van der Waals surface area (Å²) in [5, 5.41) is 8.92. The molecule has 0 N–H and O–H groups in total. The number of carbonyl (C=O) groups excluding carboxylic acids is 3. The van der Waals surface area contributed by atoms with E-state index in [1.54, 1.807) is 37.3 Å². The Kier molecular flexibility index (Phi) is 5.31. The monoisotopic (exact) mass is 459 g/mol. The minimum atomic E-state index is -1.29. The average Bonchev–Trinajstić information content (AvgIpc) is 3.55. The van der Waals surface area contributed by atoms with Crippen molar-refractivity contribution in [2.24, 2.45) is 5.92 Å². The van der Waals surface area contributed by atoms with E-state index < -0.39 is 29.4 Å². The maximum absolute atomic E-state index is 13.2. The quantitative estimate of drug-likeness (QED) is 0.239. The van der Waals surface area contributed by atoms with Crippen LogP contribution in [0.3, 0.4) is 0 Å². The predicted molar refractivity (Wildman–Crippen MR) is 119 cm³/mol. The molecule has 0 aliphatic carbocycles. The molecule has 1 amide bonds. The second kappa shape index (κ2) is 8.44. The van der Waals surface area contributed by atoms with Gasteiger partial charge in [-0.2, -0.15) is 0 Å². The van der Waals surface area contributed by atoms with E-state index in [-0.39, 0.29) is 10.9 Å². The Hall–Kier alpha value is -4.11. The van der Waals surface area contributed by atoms with Crippen LogP contribution >= 0.6 is 11.3 Å². The third-order valence-corrected chi connectivity index (χ3v) is 6.09. The summed E-state index contributed by atoms with van der Waals surface area (Å²) in [7, 11) is 0. The molecule has 8 nitrogen and oxygen atoms in total. The molecule has 2 aromatic carbocycles. The summed E-state index contributed by atoms with van der Waals surface area (Å²) in [5.41, 5.74) is 0.556. The van der Waals surface area contributed by atoms with Crippen LogP contribution in [0.15, 0.2) is 77.4 Å². The highest BCUT2D eigenvalue weighted by Gasteiger charge is 2.54. The zero-order valence-corrected chi connectivity index (χ0v) is 18.2. The van der Waals surface area contributed by atoms with Gasteiger partial charge in [0.15, 0.2) is 5.76 Å². The number of benzene rings is 2. The zero-order valence-electron chi connectivity index (χ0n) is 17.4. The highest BCUT2D eigenvalue weighted by molar-refractivity contribution is 7.15. The van der Waals surface area contributed by atoms with Crippen molar-refractivity contribution in [1.29, 1.82) is 0 Å². The van der Waals surface area contributed by atoms with E-state index in [2.05, 4.69) is 10.2 Å². The van der Waals surface area contributed by atoms with Gasteiger partial charge in [0.2, 0.25) is 16.7 Å². The molecule has 1 aliphatic rings. The van der Waals surface area contributed by atoms with E-state index in [4.69, 9.17) is 9.15 Å². The summed E-state index contributed by atoms with van der Waals surface area (Å²) in [6.45, 7) is 1.75. The first-order valence-corrected chi connectivity index (χ1v) is 10.9. The summed E-state index contributed by atoms with van der Waals surface area (Å²) in [4.78, 5) is 40.6. The molecule has 1 fully saturated rings. The number of carbonyl (C=O) groups is 3. The average molecular weight is 459 g/mol. The van der Waals surface area contributed by atoms with Crippen molar-refractivity contribution in [2.75, 3.05) is 4.90 Å². The van der Waals surface area contributed by atoms with Gasteiger partial charge in [0, 0.05) is 0 Å². The highest BCUT2D eigenvalue weighted by atomic mass is 32.1. The lowest BCUT2D eigenvalue weighted by Gasteiger charge is -2.24. The molecule has 1 saturated heterocycles. The van der Waals surface area contributed by atoms with E-state index in [9.17, 15) is 14.4 Å². The van der Waals surface area contributed by atoms with Crippen molar-refractivity contribution in [2.45, 2.75) is 13.0 Å². The fourth-order valence-electron chi connectivity index (χ4n) is 3.82. The van der Waals surface area contributed by atoms with Crippen molar-refractivity contribution < 1.29 is 23.5 Å². The Balaban J connectivity index is 1.59. The second-order valence-corrected chi connectivity index (χ2v) is 8.55. The van der Waals surface area contributed by atoms with Gasteiger partial charge in [-0.1, -0.05) is 41.7 Å². The molecule has 0 saturated carbocycles. The maximum atomic E-state index is 13.2. The number of hydrogen-bond acceptors (Lipinski definition) is 8. The number of para-hydroxylation sites is 1. The zero-order chi connectivity index (χ0) is 22.9. The fourth-order valence-corrected chi connectivity index (χ4v) is 4.54. The Morgan fingerprint density at radius 2 is 1.79 bits per heavy atom. The maximum Gasteiger partial charge on any atom is 0.297 e. The van der Waals surface area contributed by atoms with Gasteiger partial charge >= 0.3 is 0 Å². The van der Waals surface area contributed by atoms with Gasteiger partial charge in [-0.25, -0.2) is 0 Å². The summed E-state index contributed by atoms with van der Waals surface area (Å²) >= 11 is 1.17. The van der Waals surface area contributed by atoms with Crippen LogP contribution in [-0.2, 0) is 9.59 Å². The number of ether oxygens (including phenoxy) is 1. The smallest absolute Gasteiger partial charge is 0.297 e. The largest absolute Gasteiger partial charge is 0.461 e. The first-order chi connectivity index (χ1) is 16.0. The van der Waals surface area contributed by atoms with Crippen LogP contribution in [0.2, 0.25) is 0 Å². The van der Waals surface area contributed by atoms with E-state index in [1.807, 2.05) is 30.3 Å². The predicted octanol–water partition coefficient (Wildman–Crippen LogP) is 4.39.